The van der Waals surface area contributed by atoms with Gasteiger partial charge in [0.25, 0.3) is 0 Å². The van der Waals surface area contributed by atoms with E-state index in [1.807, 2.05) is 6.07 Å². The third-order valence-corrected chi connectivity index (χ3v) is 1.24. The summed E-state index contributed by atoms with van der Waals surface area (Å²) in [6.45, 7) is 0. The average Bonchev–Trinajstić information content (AvgIpc) is 2.07. The molecule has 0 heterocycles. The minimum Gasteiger partial charge on any atom is -0.792 e. The van der Waals surface area contributed by atoms with Gasteiger partial charge in [-0.1, -0.05) is 12.1 Å². The number of nitriles is 1. The van der Waals surface area contributed by atoms with Crippen LogP contribution in [0.15, 0.2) is 29.4 Å². The van der Waals surface area contributed by atoms with Gasteiger partial charge in [0.2, 0.25) is 0 Å². The minimum atomic E-state index is 0. The van der Waals surface area contributed by atoms with Crippen LogP contribution in [0.2, 0.25) is 0 Å². The largest absolute Gasteiger partial charge is 1.00 e. The van der Waals surface area contributed by atoms with Crippen molar-refractivity contribution in [1.29, 1.82) is 5.26 Å². The molecule has 0 unspecified atom stereocenters. The third kappa shape index (κ3) is 3.05. The van der Waals surface area contributed by atoms with Crippen molar-refractivity contribution >= 4 is 6.21 Å². The summed E-state index contributed by atoms with van der Waals surface area (Å²) in [4.78, 5) is 0. The topological polar surface area (TPSA) is 59.2 Å². The molecule has 4 heteroatoms. The van der Waals surface area contributed by atoms with Crippen LogP contribution in [0, 0.1) is 16.5 Å². The summed E-state index contributed by atoms with van der Waals surface area (Å²) in [6.07, 6.45) is 1.20. The summed E-state index contributed by atoms with van der Waals surface area (Å²) in [7, 11) is 0. The van der Waals surface area contributed by atoms with Crippen molar-refractivity contribution in [3.63, 3.8) is 0 Å². The molecule has 0 spiro atoms. The summed E-state index contributed by atoms with van der Waals surface area (Å²) in [5, 5.41) is 20.8. The molecule has 1 aromatic rings. The van der Waals surface area contributed by atoms with Crippen LogP contribution in [0.4, 0.5) is 0 Å². The number of benzene rings is 1. The van der Waals surface area contributed by atoms with E-state index in [1.54, 1.807) is 24.3 Å². The standard InChI is InChI=1S/C8H6N2O.Na/c9-5-7-1-3-8(4-2-7)6-10-11;/h1-4,6,11H;/q;+1/p-1/b10-6-;. The molecule has 3 nitrogen and oxygen atoms in total. The molecule has 0 aliphatic heterocycles. The Kier molecular flexibility index (Phi) is 5.39. The van der Waals surface area contributed by atoms with Crippen molar-refractivity contribution in [3.8, 4) is 6.07 Å². The smallest absolute Gasteiger partial charge is 0.792 e. The second-order valence-electron chi connectivity index (χ2n) is 1.97. The number of hydrogen-bond acceptors (Lipinski definition) is 3. The maximum absolute atomic E-state index is 9.76. The molecule has 54 valence electrons. The number of rotatable bonds is 1. The fraction of sp³-hybridized carbons (Fsp3) is 0. The normalized spacial score (nSPS) is 8.92. The molecule has 12 heavy (non-hydrogen) atoms. The van der Waals surface area contributed by atoms with Crippen LogP contribution in [0.5, 0.6) is 0 Å². The van der Waals surface area contributed by atoms with Gasteiger partial charge >= 0.3 is 29.6 Å². The van der Waals surface area contributed by atoms with Gasteiger partial charge in [0.05, 0.1) is 11.6 Å². The first kappa shape index (κ1) is 11.2. The quantitative estimate of drug-likeness (QED) is 0.290. The van der Waals surface area contributed by atoms with Crippen molar-refractivity contribution in [1.82, 2.24) is 0 Å². The zero-order valence-corrected chi connectivity index (χ0v) is 8.69. The van der Waals surface area contributed by atoms with Crippen LogP contribution in [0.25, 0.3) is 0 Å². The third-order valence-electron chi connectivity index (χ3n) is 1.24. The van der Waals surface area contributed by atoms with E-state index < -0.39 is 0 Å². The van der Waals surface area contributed by atoms with Gasteiger partial charge in [-0.25, -0.2) is 0 Å². The number of nitrogens with zero attached hydrogens (tertiary/aromatic N) is 2. The van der Waals surface area contributed by atoms with Gasteiger partial charge in [0.15, 0.2) is 0 Å². The van der Waals surface area contributed by atoms with Gasteiger partial charge in [0.1, 0.15) is 0 Å². The summed E-state index contributed by atoms with van der Waals surface area (Å²) >= 11 is 0. The molecule has 0 amide bonds. The molecule has 0 atom stereocenters. The Labute approximate surface area is 92.6 Å². The molecule has 0 aromatic heterocycles. The van der Waals surface area contributed by atoms with E-state index in [0.29, 0.717) is 11.1 Å². The molecule has 0 radical (unpaired) electrons. The minimum absolute atomic E-state index is 0. The summed E-state index contributed by atoms with van der Waals surface area (Å²) in [5.74, 6) is 0. The zero-order chi connectivity index (χ0) is 8.10. The van der Waals surface area contributed by atoms with Crippen LogP contribution in [0.3, 0.4) is 0 Å². The second kappa shape index (κ2) is 5.78. The van der Waals surface area contributed by atoms with Crippen molar-refractivity contribution in [2.45, 2.75) is 0 Å². The molecule has 0 aliphatic carbocycles. The monoisotopic (exact) mass is 168 g/mol. The van der Waals surface area contributed by atoms with Crippen LogP contribution in [0.1, 0.15) is 11.1 Å². The average molecular weight is 168 g/mol. The second-order valence-corrected chi connectivity index (χ2v) is 1.97. The zero-order valence-electron chi connectivity index (χ0n) is 6.69. The molecule has 1 rings (SSSR count). The van der Waals surface area contributed by atoms with Crippen LogP contribution < -0.4 is 29.6 Å². The first-order valence-corrected chi connectivity index (χ1v) is 3.02. The van der Waals surface area contributed by atoms with Gasteiger partial charge in [-0.05, 0) is 17.7 Å². The predicted octanol–water partition coefficient (Wildman–Crippen LogP) is -1.52. The molecule has 0 aliphatic rings. The summed E-state index contributed by atoms with van der Waals surface area (Å²) in [6, 6.07) is 8.58. The summed E-state index contributed by atoms with van der Waals surface area (Å²) in [5.41, 5.74) is 1.28. The Hall–Kier alpha value is -0.820. The Balaban J connectivity index is 0.00000121. The Bertz CT molecular complexity index is 300. The Morgan fingerprint density at radius 2 is 1.92 bits per heavy atom. The van der Waals surface area contributed by atoms with E-state index in [4.69, 9.17) is 5.26 Å². The van der Waals surface area contributed by atoms with Crippen molar-refractivity contribution < 1.29 is 29.6 Å². The fourth-order valence-corrected chi connectivity index (χ4v) is 0.705. The van der Waals surface area contributed by atoms with E-state index in [9.17, 15) is 5.21 Å². The van der Waals surface area contributed by atoms with Crippen molar-refractivity contribution in [3.05, 3.63) is 40.6 Å². The van der Waals surface area contributed by atoms with Crippen molar-refractivity contribution in [2.24, 2.45) is 5.16 Å². The van der Waals surface area contributed by atoms with Crippen LogP contribution in [-0.4, -0.2) is 6.21 Å². The van der Waals surface area contributed by atoms with Gasteiger partial charge in [-0.15, -0.1) is 0 Å². The van der Waals surface area contributed by atoms with Gasteiger partial charge < -0.3 is 10.4 Å². The van der Waals surface area contributed by atoms with E-state index in [2.05, 4.69) is 5.16 Å². The maximum Gasteiger partial charge on any atom is 1.00 e. The number of hydrogen-bond donors (Lipinski definition) is 0. The van der Waals surface area contributed by atoms with E-state index in [1.165, 1.54) is 6.21 Å². The van der Waals surface area contributed by atoms with E-state index >= 15 is 0 Å². The van der Waals surface area contributed by atoms with Gasteiger partial charge in [0, 0.05) is 6.21 Å². The molecular formula is C8H5N2NaO. The molecule has 0 N–H and O–H groups in total. The maximum atomic E-state index is 9.76. The molecular weight excluding hydrogens is 163 g/mol. The molecule has 0 fully saturated rings. The molecule has 0 bridgehead atoms. The van der Waals surface area contributed by atoms with Crippen LogP contribution >= 0.6 is 0 Å². The van der Waals surface area contributed by atoms with Gasteiger partial charge in [-0.2, -0.15) is 5.26 Å². The Morgan fingerprint density at radius 1 is 1.33 bits per heavy atom. The predicted molar refractivity (Wildman–Crippen MR) is 42.1 cm³/mol. The van der Waals surface area contributed by atoms with Gasteiger partial charge in [-0.3, -0.25) is 0 Å². The van der Waals surface area contributed by atoms with E-state index in [-0.39, 0.29) is 29.6 Å². The van der Waals surface area contributed by atoms with Crippen molar-refractivity contribution in [2.75, 3.05) is 0 Å². The SMILES string of the molecule is N#Cc1ccc(/C=N\[O-])cc1.[Na+]. The molecule has 1 aromatic carbocycles. The van der Waals surface area contributed by atoms with E-state index in [0.717, 1.165) is 0 Å². The first-order chi connectivity index (χ1) is 5.36. The molecule has 0 saturated carbocycles. The fourth-order valence-electron chi connectivity index (χ4n) is 0.705. The van der Waals surface area contributed by atoms with Crippen LogP contribution in [-0.2, 0) is 0 Å². The summed E-state index contributed by atoms with van der Waals surface area (Å²) < 4.78 is 0. The Morgan fingerprint density at radius 3 is 2.33 bits per heavy atom. The first-order valence-electron chi connectivity index (χ1n) is 3.02. The molecule has 0 saturated heterocycles.